The monoisotopic (exact) mass is 244 g/mol. The Kier molecular flexibility index (Phi) is 5.23. The van der Waals surface area contributed by atoms with Crippen LogP contribution in [-0.4, -0.2) is 11.2 Å². The van der Waals surface area contributed by atoms with Gasteiger partial charge in [-0.15, -0.1) is 0 Å². The molecule has 0 aliphatic heterocycles. The fourth-order valence-electron chi connectivity index (χ4n) is 1.91. The van der Waals surface area contributed by atoms with Crippen molar-refractivity contribution in [3.8, 4) is 0 Å². The first-order valence-corrected chi connectivity index (χ1v) is 6.08. The van der Waals surface area contributed by atoms with Crippen molar-refractivity contribution in [2.75, 3.05) is 0 Å². The van der Waals surface area contributed by atoms with Crippen LogP contribution in [0.25, 0.3) is 0 Å². The van der Waals surface area contributed by atoms with Crippen molar-refractivity contribution in [1.29, 1.82) is 0 Å². The van der Waals surface area contributed by atoms with Crippen molar-refractivity contribution in [3.63, 3.8) is 0 Å². The van der Waals surface area contributed by atoms with Gasteiger partial charge in [-0.2, -0.15) is 0 Å². The van der Waals surface area contributed by atoms with E-state index < -0.39 is 6.10 Å². The van der Waals surface area contributed by atoms with E-state index in [-0.39, 0.29) is 11.7 Å². The smallest absolute Gasteiger partial charge is 0.127 e. The van der Waals surface area contributed by atoms with Crippen LogP contribution in [0.3, 0.4) is 0 Å². The molecular weight excluding hydrogens is 227 g/mol. The van der Waals surface area contributed by atoms with E-state index in [0.29, 0.717) is 17.0 Å². The van der Waals surface area contributed by atoms with Crippen LogP contribution < -0.4 is 0 Å². The zero-order valence-corrected chi connectivity index (χ0v) is 10.5. The molecule has 0 saturated carbocycles. The molecule has 16 heavy (non-hydrogen) atoms. The van der Waals surface area contributed by atoms with Crippen LogP contribution in [-0.2, 0) is 6.42 Å². The van der Waals surface area contributed by atoms with E-state index in [9.17, 15) is 9.50 Å². The Morgan fingerprint density at radius 1 is 1.31 bits per heavy atom. The lowest BCUT2D eigenvalue weighted by Crippen LogP contribution is -2.22. The van der Waals surface area contributed by atoms with Crippen molar-refractivity contribution in [3.05, 3.63) is 34.6 Å². The van der Waals surface area contributed by atoms with Crippen molar-refractivity contribution in [2.24, 2.45) is 5.92 Å². The highest BCUT2D eigenvalue weighted by molar-refractivity contribution is 6.30. The van der Waals surface area contributed by atoms with Crippen molar-refractivity contribution < 1.29 is 9.50 Å². The summed E-state index contributed by atoms with van der Waals surface area (Å²) in [5.74, 6) is -0.104. The minimum atomic E-state index is -0.481. The third-order valence-electron chi connectivity index (χ3n) is 3.04. The molecule has 1 atom stereocenters. The van der Waals surface area contributed by atoms with E-state index in [1.807, 2.05) is 13.8 Å². The van der Waals surface area contributed by atoms with Crippen LogP contribution in [0.2, 0.25) is 5.02 Å². The average molecular weight is 245 g/mol. The van der Waals surface area contributed by atoms with Gasteiger partial charge in [0.2, 0.25) is 0 Å². The maximum atomic E-state index is 13.5. The summed E-state index contributed by atoms with van der Waals surface area (Å²) in [6.07, 6.45) is 1.69. The largest absolute Gasteiger partial charge is 0.392 e. The van der Waals surface area contributed by atoms with E-state index in [2.05, 4.69) is 0 Å². The second-order valence-corrected chi connectivity index (χ2v) is 4.52. The number of aliphatic hydroxyl groups is 1. The van der Waals surface area contributed by atoms with Gasteiger partial charge < -0.3 is 5.11 Å². The maximum Gasteiger partial charge on any atom is 0.127 e. The summed E-state index contributed by atoms with van der Waals surface area (Å²) in [6, 6.07) is 4.58. The number of aliphatic hydroxyl groups excluding tert-OH is 1. The molecule has 90 valence electrons. The van der Waals surface area contributed by atoms with E-state index in [1.54, 1.807) is 12.1 Å². The van der Waals surface area contributed by atoms with Crippen LogP contribution in [0.15, 0.2) is 18.2 Å². The lowest BCUT2D eigenvalue weighted by molar-refractivity contribution is 0.102. The summed E-state index contributed by atoms with van der Waals surface area (Å²) in [5.41, 5.74) is 0.531. The van der Waals surface area contributed by atoms with Gasteiger partial charge in [0.1, 0.15) is 5.82 Å². The lowest BCUT2D eigenvalue weighted by atomic mass is 9.92. The molecule has 0 fully saturated rings. The molecule has 0 aromatic heterocycles. The second kappa shape index (κ2) is 6.21. The predicted octanol–water partition coefficient (Wildman–Crippen LogP) is 3.82. The zero-order valence-electron chi connectivity index (χ0n) is 9.71. The molecule has 1 N–H and O–H groups in total. The van der Waals surface area contributed by atoms with Gasteiger partial charge in [-0.1, -0.05) is 44.4 Å². The van der Waals surface area contributed by atoms with E-state index in [0.717, 1.165) is 12.8 Å². The first-order chi connectivity index (χ1) is 7.58. The number of hydrogen-bond donors (Lipinski definition) is 1. The molecule has 1 unspecified atom stereocenters. The molecule has 1 aromatic carbocycles. The van der Waals surface area contributed by atoms with Gasteiger partial charge >= 0.3 is 0 Å². The molecule has 0 aliphatic rings. The summed E-state index contributed by atoms with van der Waals surface area (Å²) in [4.78, 5) is 0. The SMILES string of the molecule is CCC(CC)C(O)Cc1ccc(Cl)cc1F. The molecule has 0 spiro atoms. The molecule has 0 amide bonds. The highest BCUT2D eigenvalue weighted by Gasteiger charge is 2.17. The summed E-state index contributed by atoms with van der Waals surface area (Å²) in [7, 11) is 0. The Morgan fingerprint density at radius 2 is 1.94 bits per heavy atom. The minimum absolute atomic E-state index is 0.232. The molecule has 1 nitrogen and oxygen atoms in total. The Labute approximate surface area is 101 Å². The number of benzene rings is 1. The van der Waals surface area contributed by atoms with Gasteiger partial charge in [0.25, 0.3) is 0 Å². The van der Waals surface area contributed by atoms with Gasteiger partial charge in [0, 0.05) is 11.4 Å². The normalized spacial score (nSPS) is 13.1. The molecule has 3 heteroatoms. The maximum absolute atomic E-state index is 13.5. The topological polar surface area (TPSA) is 20.2 Å². The molecule has 0 bridgehead atoms. The van der Waals surface area contributed by atoms with Crippen LogP contribution in [0, 0.1) is 11.7 Å². The highest BCUT2D eigenvalue weighted by Crippen LogP contribution is 2.20. The Morgan fingerprint density at radius 3 is 2.44 bits per heavy atom. The predicted molar refractivity (Wildman–Crippen MR) is 65.2 cm³/mol. The third-order valence-corrected chi connectivity index (χ3v) is 3.27. The zero-order chi connectivity index (χ0) is 12.1. The summed E-state index contributed by atoms with van der Waals surface area (Å²) in [6.45, 7) is 4.07. The average Bonchev–Trinajstić information content (AvgIpc) is 2.24. The van der Waals surface area contributed by atoms with Gasteiger partial charge in [0.05, 0.1) is 6.10 Å². The summed E-state index contributed by atoms with van der Waals surface area (Å²) >= 11 is 5.67. The van der Waals surface area contributed by atoms with Crippen LogP contribution >= 0.6 is 11.6 Å². The van der Waals surface area contributed by atoms with E-state index >= 15 is 0 Å². The van der Waals surface area contributed by atoms with E-state index in [4.69, 9.17) is 11.6 Å². The second-order valence-electron chi connectivity index (χ2n) is 4.08. The summed E-state index contributed by atoms with van der Waals surface area (Å²) in [5, 5.41) is 10.3. The van der Waals surface area contributed by atoms with Crippen molar-refractivity contribution >= 4 is 11.6 Å². The number of rotatable bonds is 5. The first-order valence-electron chi connectivity index (χ1n) is 5.70. The summed E-state index contributed by atoms with van der Waals surface area (Å²) < 4.78 is 13.5. The van der Waals surface area contributed by atoms with Crippen LogP contribution in [0.5, 0.6) is 0 Å². The number of hydrogen-bond acceptors (Lipinski definition) is 1. The lowest BCUT2D eigenvalue weighted by Gasteiger charge is -2.20. The quantitative estimate of drug-likeness (QED) is 0.835. The Hall–Kier alpha value is -0.600. The Bertz CT molecular complexity index is 337. The van der Waals surface area contributed by atoms with Crippen molar-refractivity contribution in [1.82, 2.24) is 0 Å². The Balaban J connectivity index is 2.72. The fraction of sp³-hybridized carbons (Fsp3) is 0.538. The standard InChI is InChI=1S/C13H18ClFO/c1-3-9(4-2)13(16)7-10-5-6-11(14)8-12(10)15/h5-6,8-9,13,16H,3-4,7H2,1-2H3. The van der Waals surface area contributed by atoms with Crippen LogP contribution in [0.4, 0.5) is 4.39 Å². The van der Waals surface area contributed by atoms with E-state index in [1.165, 1.54) is 6.07 Å². The first kappa shape index (κ1) is 13.5. The third kappa shape index (κ3) is 3.46. The fourth-order valence-corrected chi connectivity index (χ4v) is 2.07. The highest BCUT2D eigenvalue weighted by atomic mass is 35.5. The van der Waals surface area contributed by atoms with Gasteiger partial charge in [-0.25, -0.2) is 4.39 Å². The number of halogens is 2. The molecule has 1 aromatic rings. The molecule has 0 heterocycles. The molecule has 0 radical (unpaired) electrons. The molecule has 1 rings (SSSR count). The molecule has 0 saturated heterocycles. The minimum Gasteiger partial charge on any atom is -0.392 e. The molecular formula is C13H18ClFO. The molecule has 0 aliphatic carbocycles. The van der Waals surface area contributed by atoms with Crippen molar-refractivity contribution in [2.45, 2.75) is 39.2 Å². The van der Waals surface area contributed by atoms with Crippen LogP contribution in [0.1, 0.15) is 32.3 Å². The van der Waals surface area contributed by atoms with Gasteiger partial charge in [-0.3, -0.25) is 0 Å². The van der Waals surface area contributed by atoms with Gasteiger partial charge in [0.15, 0.2) is 0 Å². The van der Waals surface area contributed by atoms with Gasteiger partial charge in [-0.05, 0) is 23.6 Å².